The van der Waals surface area contributed by atoms with Crippen molar-refractivity contribution in [2.45, 2.75) is 71.6 Å². The summed E-state index contributed by atoms with van der Waals surface area (Å²) in [6.45, 7) is 8.86. The molecule has 11 nitrogen and oxygen atoms in total. The molecule has 0 aliphatic carbocycles. The van der Waals surface area contributed by atoms with Crippen molar-refractivity contribution in [3.63, 3.8) is 0 Å². The molecule has 3 unspecified atom stereocenters. The lowest BCUT2D eigenvalue weighted by Crippen LogP contribution is -2.41. The molecule has 1 aromatic rings. The van der Waals surface area contributed by atoms with Crippen LogP contribution in [-0.4, -0.2) is 56.4 Å². The van der Waals surface area contributed by atoms with Crippen LogP contribution in [-0.2, 0) is 39.2 Å². The lowest BCUT2D eigenvalue weighted by atomic mass is 10.2. The van der Waals surface area contributed by atoms with Gasteiger partial charge >= 0.3 is 25.8 Å². The zero-order valence-electron chi connectivity index (χ0n) is 22.1. The molecule has 2 amide bonds. The lowest BCUT2D eigenvalue weighted by Gasteiger charge is -2.31. The summed E-state index contributed by atoms with van der Waals surface area (Å²) >= 11 is 0. The monoisotopic (exact) mass is 530 g/mol. The summed E-state index contributed by atoms with van der Waals surface area (Å²) in [7, 11) is -1.71. The van der Waals surface area contributed by atoms with E-state index >= 15 is 0 Å². The first-order chi connectivity index (χ1) is 16.8. The second-order valence-corrected chi connectivity index (χ2v) is 11.5. The third-order valence-electron chi connectivity index (χ3n) is 4.75. The third kappa shape index (κ3) is 11.4. The topological polar surface area (TPSA) is 138 Å². The fourth-order valence-electron chi connectivity index (χ4n) is 3.03. The highest BCUT2D eigenvalue weighted by Gasteiger charge is 2.42. The van der Waals surface area contributed by atoms with Crippen molar-refractivity contribution in [1.82, 2.24) is 10.6 Å². The van der Waals surface area contributed by atoms with Gasteiger partial charge in [0.15, 0.2) is 6.10 Å². The molecule has 3 atom stereocenters. The zero-order chi connectivity index (χ0) is 27.4. The zero-order valence-corrected chi connectivity index (χ0v) is 23.0. The number of hydrogen-bond acceptors (Lipinski definition) is 9. The Morgan fingerprint density at radius 1 is 1.03 bits per heavy atom. The molecule has 36 heavy (non-hydrogen) atoms. The van der Waals surface area contributed by atoms with Gasteiger partial charge in [0, 0.05) is 13.7 Å². The summed E-state index contributed by atoms with van der Waals surface area (Å²) in [5.41, 5.74) is 0.138. The van der Waals surface area contributed by atoms with E-state index < -0.39 is 49.2 Å². The van der Waals surface area contributed by atoms with E-state index in [9.17, 15) is 18.9 Å². The molecule has 0 heterocycles. The van der Waals surface area contributed by atoms with Gasteiger partial charge in [-0.05, 0) is 45.1 Å². The highest BCUT2D eigenvalue weighted by atomic mass is 31.2. The average molecular weight is 531 g/mol. The molecule has 0 saturated heterocycles. The molecular formula is C24H39N2O9P. The van der Waals surface area contributed by atoms with Crippen LogP contribution in [0.15, 0.2) is 30.3 Å². The first kappa shape index (κ1) is 31.4. The minimum Gasteiger partial charge on any atom is -0.467 e. The summed E-state index contributed by atoms with van der Waals surface area (Å²) in [4.78, 5) is 36.6. The van der Waals surface area contributed by atoms with Crippen molar-refractivity contribution in [2.24, 2.45) is 5.92 Å². The Morgan fingerprint density at radius 3 is 2.19 bits per heavy atom. The van der Waals surface area contributed by atoms with Crippen LogP contribution >= 0.6 is 7.60 Å². The number of ether oxygens (including phenoxy) is 3. The Morgan fingerprint density at radius 2 is 1.67 bits per heavy atom. The lowest BCUT2D eigenvalue weighted by molar-refractivity contribution is -0.149. The molecule has 0 fully saturated rings. The van der Waals surface area contributed by atoms with Crippen molar-refractivity contribution in [3.8, 4) is 0 Å². The van der Waals surface area contributed by atoms with Gasteiger partial charge in [-0.2, -0.15) is 0 Å². The van der Waals surface area contributed by atoms with E-state index in [-0.39, 0.29) is 19.6 Å². The number of carbonyl (C=O) groups excluding carboxylic acids is 3. The van der Waals surface area contributed by atoms with Crippen LogP contribution in [0.1, 0.15) is 53.0 Å². The van der Waals surface area contributed by atoms with E-state index in [0.717, 1.165) is 5.56 Å². The van der Waals surface area contributed by atoms with E-state index in [1.165, 1.54) is 14.2 Å². The van der Waals surface area contributed by atoms with Crippen LogP contribution in [0, 0.1) is 5.92 Å². The Bertz CT molecular complexity index is 887. The number of hydrogen-bond donors (Lipinski definition) is 2. The average Bonchev–Trinajstić information content (AvgIpc) is 2.81. The summed E-state index contributed by atoms with van der Waals surface area (Å²) in [5, 5.41) is 5.12. The van der Waals surface area contributed by atoms with Crippen molar-refractivity contribution in [2.75, 3.05) is 20.8 Å². The predicted molar refractivity (Wildman–Crippen MR) is 133 cm³/mol. The molecule has 1 rings (SSSR count). The maximum atomic E-state index is 13.6. The predicted octanol–water partition coefficient (Wildman–Crippen LogP) is 4.60. The second-order valence-electron chi connectivity index (χ2n) is 9.31. The van der Waals surface area contributed by atoms with E-state index in [1.807, 2.05) is 18.2 Å². The van der Waals surface area contributed by atoms with Gasteiger partial charge in [-0.25, -0.2) is 14.4 Å². The molecule has 12 heteroatoms. The quantitative estimate of drug-likeness (QED) is 0.162. The molecule has 0 aliphatic heterocycles. The van der Waals surface area contributed by atoms with Crippen molar-refractivity contribution >= 4 is 25.8 Å². The molecular weight excluding hydrogens is 491 g/mol. The van der Waals surface area contributed by atoms with Gasteiger partial charge in [-0.3, -0.25) is 9.09 Å². The van der Waals surface area contributed by atoms with Gasteiger partial charge in [0.05, 0.1) is 7.11 Å². The Balaban J connectivity index is 2.81. The first-order valence-electron chi connectivity index (χ1n) is 11.7. The smallest absolute Gasteiger partial charge is 0.408 e. The maximum Gasteiger partial charge on any atom is 0.408 e. The standard InChI is InChI=1S/C24H39N2O9P/c1-17(2)20(26-23(29)33-16-18-12-9-8-10-13-18)36(30,32-7)35-19(21(27)31-6)14-11-15-25-22(28)34-24(3,4)5/h8-10,12-13,17,19-20H,11,14-16H2,1-7H3,(H,25,28)(H,26,29). The van der Waals surface area contributed by atoms with Crippen LogP contribution in [0.25, 0.3) is 0 Å². The SMILES string of the molecule is COC(=O)C(CCCNC(=O)OC(C)(C)C)OP(=O)(OC)C(NC(=O)OCc1ccccc1)C(C)C. The summed E-state index contributed by atoms with van der Waals surface area (Å²) in [5.74, 6) is -2.26. The highest BCUT2D eigenvalue weighted by Crippen LogP contribution is 2.55. The third-order valence-corrected chi connectivity index (χ3v) is 7.22. The summed E-state index contributed by atoms with van der Waals surface area (Å²) in [6.07, 6.45) is -2.31. The largest absolute Gasteiger partial charge is 0.467 e. The molecule has 0 radical (unpaired) electrons. The number of nitrogens with one attached hydrogen (secondary N) is 2. The van der Waals surface area contributed by atoms with Gasteiger partial charge in [-0.15, -0.1) is 0 Å². The summed E-state index contributed by atoms with van der Waals surface area (Å²) < 4.78 is 39.7. The number of methoxy groups -OCH3 is 1. The number of amides is 2. The van der Waals surface area contributed by atoms with E-state index in [4.69, 9.17) is 23.3 Å². The van der Waals surface area contributed by atoms with Crippen molar-refractivity contribution in [1.29, 1.82) is 0 Å². The van der Waals surface area contributed by atoms with Crippen LogP contribution in [0.3, 0.4) is 0 Å². The van der Waals surface area contributed by atoms with Crippen molar-refractivity contribution < 1.29 is 42.2 Å². The van der Waals surface area contributed by atoms with Crippen LogP contribution in [0.5, 0.6) is 0 Å². The molecule has 2 N–H and O–H groups in total. The molecule has 0 aliphatic rings. The maximum absolute atomic E-state index is 13.6. The minimum atomic E-state index is -4.06. The van der Waals surface area contributed by atoms with Crippen molar-refractivity contribution in [3.05, 3.63) is 35.9 Å². The van der Waals surface area contributed by atoms with E-state index in [1.54, 1.807) is 46.8 Å². The molecule has 204 valence electrons. The number of alkyl carbamates (subject to hydrolysis) is 2. The number of esters is 1. The van der Waals surface area contributed by atoms with Crippen LogP contribution < -0.4 is 10.6 Å². The Kier molecular flexibility index (Phi) is 12.9. The van der Waals surface area contributed by atoms with Crippen LogP contribution in [0.4, 0.5) is 9.59 Å². The minimum absolute atomic E-state index is 0.0189. The van der Waals surface area contributed by atoms with Gasteiger partial charge in [0.1, 0.15) is 18.0 Å². The molecule has 0 spiro atoms. The molecule has 0 aromatic heterocycles. The number of carbonyl (C=O) groups is 3. The fraction of sp³-hybridized carbons (Fsp3) is 0.625. The Labute approximate surface area is 213 Å². The highest BCUT2D eigenvalue weighted by molar-refractivity contribution is 7.54. The van der Waals surface area contributed by atoms with Gasteiger partial charge < -0.3 is 29.4 Å². The van der Waals surface area contributed by atoms with Gasteiger partial charge in [0.2, 0.25) is 0 Å². The summed E-state index contributed by atoms with van der Waals surface area (Å²) in [6, 6.07) is 9.08. The Hall–Kier alpha value is -2.62. The number of benzene rings is 1. The van der Waals surface area contributed by atoms with E-state index in [0.29, 0.717) is 6.42 Å². The van der Waals surface area contributed by atoms with Gasteiger partial charge in [-0.1, -0.05) is 44.2 Å². The van der Waals surface area contributed by atoms with Crippen LogP contribution in [0.2, 0.25) is 0 Å². The molecule has 0 saturated carbocycles. The van der Waals surface area contributed by atoms with E-state index in [2.05, 4.69) is 10.6 Å². The first-order valence-corrected chi connectivity index (χ1v) is 13.3. The number of rotatable bonds is 13. The van der Waals surface area contributed by atoms with Gasteiger partial charge in [0.25, 0.3) is 0 Å². The second kappa shape index (κ2) is 14.8. The normalized spacial score (nSPS) is 14.8. The molecule has 0 bridgehead atoms. The fourth-order valence-corrected chi connectivity index (χ4v) is 5.02. The molecule has 1 aromatic carbocycles.